The van der Waals surface area contributed by atoms with Crippen molar-refractivity contribution in [2.24, 2.45) is 11.1 Å². The van der Waals surface area contributed by atoms with Crippen LogP contribution in [0.2, 0.25) is 0 Å². The summed E-state index contributed by atoms with van der Waals surface area (Å²) in [7, 11) is -3.75. The van der Waals surface area contributed by atoms with Gasteiger partial charge in [-0.05, 0) is 18.3 Å². The molecule has 0 bridgehead atoms. The summed E-state index contributed by atoms with van der Waals surface area (Å²) in [4.78, 5) is 32.0. The summed E-state index contributed by atoms with van der Waals surface area (Å²) in [6, 6.07) is -1.12. The topological polar surface area (TPSA) is 144 Å². The van der Waals surface area contributed by atoms with Gasteiger partial charge in [-0.2, -0.15) is 0 Å². The second-order valence-electron chi connectivity index (χ2n) is 4.52. The molecule has 3 amide bonds. The van der Waals surface area contributed by atoms with E-state index in [-0.39, 0.29) is 12.2 Å². The first-order chi connectivity index (χ1) is 8.14. The van der Waals surface area contributed by atoms with Gasteiger partial charge in [0.2, 0.25) is 5.91 Å². The van der Waals surface area contributed by atoms with Crippen LogP contribution in [0.4, 0.5) is 4.79 Å². The van der Waals surface area contributed by atoms with Gasteiger partial charge in [0.25, 0.3) is 0 Å². The molecule has 4 N–H and O–H groups in total. The summed E-state index contributed by atoms with van der Waals surface area (Å²) in [6.45, 7) is 0. The maximum Gasteiger partial charge on any atom is 0.318 e. The van der Waals surface area contributed by atoms with E-state index in [1.807, 2.05) is 0 Å². The van der Waals surface area contributed by atoms with Crippen LogP contribution in [0.15, 0.2) is 0 Å². The van der Waals surface area contributed by atoms with Crippen molar-refractivity contribution in [2.45, 2.75) is 19.3 Å². The highest BCUT2D eigenvalue weighted by molar-refractivity contribution is 7.92. The molecule has 0 saturated heterocycles. The van der Waals surface area contributed by atoms with Gasteiger partial charge in [-0.1, -0.05) is 0 Å². The molecule has 0 aromatic rings. The Morgan fingerprint density at radius 2 is 1.83 bits per heavy atom. The molecule has 0 spiro atoms. The van der Waals surface area contributed by atoms with Gasteiger partial charge in [0.05, 0.1) is 12.2 Å². The van der Waals surface area contributed by atoms with Crippen molar-refractivity contribution < 1.29 is 27.9 Å². The van der Waals surface area contributed by atoms with Gasteiger partial charge in [-0.15, -0.1) is 0 Å². The highest BCUT2D eigenvalue weighted by atomic mass is 32.2. The molecular weight excluding hydrogens is 264 g/mol. The molecule has 1 saturated carbocycles. The first kappa shape index (κ1) is 14.4. The van der Waals surface area contributed by atoms with E-state index in [9.17, 15) is 22.8 Å². The highest BCUT2D eigenvalue weighted by Gasteiger charge is 2.47. The number of carbonyl (C=O) groups is 3. The molecule has 18 heavy (non-hydrogen) atoms. The van der Waals surface area contributed by atoms with E-state index in [4.69, 9.17) is 5.11 Å². The van der Waals surface area contributed by atoms with Crippen LogP contribution in [0.3, 0.4) is 0 Å². The predicted octanol–water partition coefficient (Wildman–Crippen LogP) is -1.15. The lowest BCUT2D eigenvalue weighted by atomic mass is 10.1. The van der Waals surface area contributed by atoms with Crippen LogP contribution in [0, 0.1) is 5.41 Å². The largest absolute Gasteiger partial charge is 0.481 e. The molecule has 0 heterocycles. The van der Waals surface area contributed by atoms with E-state index in [0.717, 1.165) is 0 Å². The number of nitrogens with two attached hydrogens (primary N) is 1. The van der Waals surface area contributed by atoms with Gasteiger partial charge in [0, 0.05) is 0 Å². The van der Waals surface area contributed by atoms with E-state index in [0.29, 0.717) is 12.8 Å². The van der Waals surface area contributed by atoms with Crippen molar-refractivity contribution >= 4 is 27.7 Å². The van der Waals surface area contributed by atoms with Gasteiger partial charge >= 0.3 is 12.0 Å². The normalized spacial score (nSPS) is 16.9. The summed E-state index contributed by atoms with van der Waals surface area (Å²) in [5, 5.41) is 10.3. The van der Waals surface area contributed by atoms with Crippen LogP contribution in [0.1, 0.15) is 19.3 Å². The Morgan fingerprint density at radius 3 is 2.22 bits per heavy atom. The highest BCUT2D eigenvalue weighted by Crippen LogP contribution is 2.49. The number of hydrogen-bond donors (Lipinski definition) is 3. The molecule has 1 rings (SSSR count). The first-order valence-corrected chi connectivity index (χ1v) is 6.98. The molecule has 0 atom stereocenters. The average Bonchev–Trinajstić information content (AvgIpc) is 2.77. The molecular formula is C9H14N2O6S. The zero-order valence-corrected chi connectivity index (χ0v) is 10.3. The number of imide groups is 1. The summed E-state index contributed by atoms with van der Waals surface area (Å²) < 4.78 is 23.3. The SMILES string of the molecule is NC(=O)NC(=O)CS(=O)(=O)CC1(CC(=O)O)CC1. The number of sulfone groups is 1. The fraction of sp³-hybridized carbons (Fsp3) is 0.667. The van der Waals surface area contributed by atoms with Crippen LogP contribution in [-0.4, -0.2) is 42.9 Å². The van der Waals surface area contributed by atoms with E-state index < -0.39 is 38.9 Å². The summed E-state index contributed by atoms with van der Waals surface area (Å²) in [5.74, 6) is -3.30. The summed E-state index contributed by atoms with van der Waals surface area (Å²) in [5.41, 5.74) is 3.92. The Morgan fingerprint density at radius 1 is 1.28 bits per heavy atom. The van der Waals surface area contributed by atoms with Crippen LogP contribution in [0.5, 0.6) is 0 Å². The zero-order chi connectivity index (χ0) is 14.0. The van der Waals surface area contributed by atoms with Crippen LogP contribution in [-0.2, 0) is 19.4 Å². The van der Waals surface area contributed by atoms with Crippen LogP contribution < -0.4 is 11.1 Å². The van der Waals surface area contributed by atoms with Gasteiger partial charge < -0.3 is 10.8 Å². The second kappa shape index (κ2) is 4.92. The Hall–Kier alpha value is -1.64. The number of nitrogens with one attached hydrogen (secondary N) is 1. The van der Waals surface area contributed by atoms with Gasteiger partial charge in [-0.25, -0.2) is 13.2 Å². The number of hydrogen-bond acceptors (Lipinski definition) is 5. The molecule has 102 valence electrons. The monoisotopic (exact) mass is 278 g/mol. The van der Waals surface area contributed by atoms with E-state index in [1.165, 1.54) is 0 Å². The van der Waals surface area contributed by atoms with Crippen LogP contribution in [0.25, 0.3) is 0 Å². The molecule has 1 aliphatic carbocycles. The fourth-order valence-electron chi connectivity index (χ4n) is 1.76. The molecule has 1 fully saturated rings. The summed E-state index contributed by atoms with van der Waals surface area (Å²) in [6.07, 6.45) is 0.787. The molecule has 0 unspecified atom stereocenters. The van der Waals surface area contributed by atoms with Crippen molar-refractivity contribution in [1.82, 2.24) is 5.32 Å². The minimum absolute atomic E-state index is 0.232. The smallest absolute Gasteiger partial charge is 0.318 e. The minimum Gasteiger partial charge on any atom is -0.481 e. The third-order valence-corrected chi connectivity index (χ3v) is 4.38. The van der Waals surface area contributed by atoms with Gasteiger partial charge in [0.15, 0.2) is 9.84 Å². The molecule has 8 nitrogen and oxygen atoms in total. The van der Waals surface area contributed by atoms with E-state index in [2.05, 4.69) is 5.73 Å². The number of carboxylic acid groups (broad SMARTS) is 1. The number of urea groups is 1. The average molecular weight is 278 g/mol. The molecule has 0 aromatic heterocycles. The van der Waals surface area contributed by atoms with Crippen molar-refractivity contribution in [3.05, 3.63) is 0 Å². The van der Waals surface area contributed by atoms with Crippen molar-refractivity contribution in [3.8, 4) is 0 Å². The molecule has 9 heteroatoms. The molecule has 0 radical (unpaired) electrons. The lowest BCUT2D eigenvalue weighted by Gasteiger charge is -2.12. The van der Waals surface area contributed by atoms with Crippen molar-refractivity contribution in [3.63, 3.8) is 0 Å². The fourth-order valence-corrected chi connectivity index (χ4v) is 3.66. The van der Waals surface area contributed by atoms with E-state index >= 15 is 0 Å². The van der Waals surface area contributed by atoms with Gasteiger partial charge in [-0.3, -0.25) is 14.9 Å². The lowest BCUT2D eigenvalue weighted by molar-refractivity contribution is -0.138. The van der Waals surface area contributed by atoms with Crippen molar-refractivity contribution in [1.29, 1.82) is 0 Å². The number of carbonyl (C=O) groups excluding carboxylic acids is 2. The molecule has 1 aliphatic rings. The maximum atomic E-state index is 11.7. The number of carboxylic acids is 1. The zero-order valence-electron chi connectivity index (χ0n) is 9.51. The van der Waals surface area contributed by atoms with Crippen LogP contribution >= 0.6 is 0 Å². The Kier molecular flexibility index (Phi) is 3.95. The second-order valence-corrected chi connectivity index (χ2v) is 6.58. The quantitative estimate of drug-likeness (QED) is 0.559. The van der Waals surface area contributed by atoms with Crippen molar-refractivity contribution in [2.75, 3.05) is 11.5 Å². The van der Waals surface area contributed by atoms with Gasteiger partial charge in [0.1, 0.15) is 5.75 Å². The predicted molar refractivity (Wildman–Crippen MR) is 60.3 cm³/mol. The Balaban J connectivity index is 2.58. The number of aliphatic carboxylic acids is 1. The Bertz CT molecular complexity index is 479. The Labute approximate surface area is 103 Å². The molecule has 0 aliphatic heterocycles. The first-order valence-electron chi connectivity index (χ1n) is 5.16. The summed E-state index contributed by atoms with van der Waals surface area (Å²) >= 11 is 0. The molecule has 0 aromatic carbocycles. The van der Waals surface area contributed by atoms with E-state index in [1.54, 1.807) is 5.32 Å². The third kappa shape index (κ3) is 4.70. The number of amides is 3. The standard InChI is InChI=1S/C9H14N2O6S/c10-8(15)11-6(12)4-18(16,17)5-9(1-2-9)3-7(13)14/h1-5H2,(H,13,14)(H3,10,11,12,15). The number of primary amides is 1. The third-order valence-electron chi connectivity index (χ3n) is 2.62. The lowest BCUT2D eigenvalue weighted by Crippen LogP contribution is -2.39. The number of rotatable bonds is 6. The maximum absolute atomic E-state index is 11.7. The minimum atomic E-state index is -3.75.